The van der Waals surface area contributed by atoms with Gasteiger partial charge in [0.2, 0.25) is 11.8 Å². The number of aromatic nitrogens is 3. The van der Waals surface area contributed by atoms with Crippen LogP contribution in [0.1, 0.15) is 36.5 Å². The number of hydrogen-bond acceptors (Lipinski definition) is 6. The molecule has 0 aliphatic carbocycles. The van der Waals surface area contributed by atoms with Crippen molar-refractivity contribution in [3.8, 4) is 5.88 Å². The van der Waals surface area contributed by atoms with Gasteiger partial charge in [-0.25, -0.2) is 4.98 Å². The molecule has 2 N–H and O–H groups in total. The number of nitrogens with two attached hydrogens (primary N) is 1. The average molecular weight is 276 g/mol. The van der Waals surface area contributed by atoms with E-state index in [9.17, 15) is 0 Å². The van der Waals surface area contributed by atoms with Gasteiger partial charge in [-0.15, -0.1) is 0 Å². The summed E-state index contributed by atoms with van der Waals surface area (Å²) >= 11 is 0. The number of methoxy groups -OCH3 is 1. The highest BCUT2D eigenvalue weighted by molar-refractivity contribution is 5.20. The number of hydrogen-bond donors (Lipinski definition) is 1. The molecule has 6 heteroatoms. The topological polar surface area (TPSA) is 87.1 Å². The maximum Gasteiger partial charge on any atom is 0.226 e. The summed E-state index contributed by atoms with van der Waals surface area (Å²) in [5.74, 6) is 1.98. The normalized spacial score (nSPS) is 10.7. The SMILES string of the molecule is COc1ccc(Cc2noc(CCCCCN)n2)cn1. The van der Waals surface area contributed by atoms with Crippen molar-refractivity contribution < 1.29 is 9.26 Å². The minimum Gasteiger partial charge on any atom is -0.481 e. The molecule has 0 radical (unpaired) electrons. The van der Waals surface area contributed by atoms with Crippen LogP contribution in [-0.2, 0) is 12.8 Å². The third-order valence-corrected chi connectivity index (χ3v) is 2.97. The molecule has 0 unspecified atom stereocenters. The summed E-state index contributed by atoms with van der Waals surface area (Å²) in [6.45, 7) is 0.736. The summed E-state index contributed by atoms with van der Waals surface area (Å²) < 4.78 is 10.2. The van der Waals surface area contributed by atoms with Gasteiger partial charge in [0.1, 0.15) is 0 Å². The number of ether oxygens (including phenoxy) is 1. The molecule has 0 saturated carbocycles. The van der Waals surface area contributed by atoms with Crippen LogP contribution in [0.25, 0.3) is 0 Å². The van der Waals surface area contributed by atoms with Gasteiger partial charge in [-0.2, -0.15) is 4.98 Å². The molecule has 0 amide bonds. The van der Waals surface area contributed by atoms with Crippen molar-refractivity contribution in [2.24, 2.45) is 5.73 Å². The Bertz CT molecular complexity index is 510. The fourth-order valence-corrected chi connectivity index (χ4v) is 1.88. The van der Waals surface area contributed by atoms with Crippen LogP contribution in [-0.4, -0.2) is 28.8 Å². The molecule has 0 atom stereocenters. The van der Waals surface area contributed by atoms with Gasteiger partial charge in [0.25, 0.3) is 0 Å². The van der Waals surface area contributed by atoms with Gasteiger partial charge in [0.15, 0.2) is 5.82 Å². The summed E-state index contributed by atoms with van der Waals surface area (Å²) in [6.07, 6.45) is 6.35. The zero-order chi connectivity index (χ0) is 14.2. The molecule has 20 heavy (non-hydrogen) atoms. The van der Waals surface area contributed by atoms with E-state index in [-0.39, 0.29) is 0 Å². The van der Waals surface area contributed by atoms with Crippen molar-refractivity contribution in [3.05, 3.63) is 35.6 Å². The van der Waals surface area contributed by atoms with Crippen molar-refractivity contribution in [1.82, 2.24) is 15.1 Å². The Morgan fingerprint density at radius 1 is 1.25 bits per heavy atom. The number of nitrogens with zero attached hydrogens (tertiary/aromatic N) is 3. The molecule has 2 aromatic heterocycles. The van der Waals surface area contributed by atoms with Crippen LogP contribution in [0, 0.1) is 0 Å². The lowest BCUT2D eigenvalue weighted by molar-refractivity contribution is 0.369. The Balaban J connectivity index is 1.85. The number of aryl methyl sites for hydroxylation is 1. The summed E-state index contributed by atoms with van der Waals surface area (Å²) in [4.78, 5) is 8.53. The van der Waals surface area contributed by atoms with Crippen LogP contribution in [0.5, 0.6) is 5.88 Å². The third kappa shape index (κ3) is 4.31. The van der Waals surface area contributed by atoms with Gasteiger partial charge < -0.3 is 15.0 Å². The van der Waals surface area contributed by atoms with E-state index < -0.39 is 0 Å². The molecule has 0 aliphatic heterocycles. The van der Waals surface area contributed by atoms with E-state index >= 15 is 0 Å². The Labute approximate surface area is 118 Å². The maximum absolute atomic E-state index is 5.45. The van der Waals surface area contributed by atoms with Gasteiger partial charge in [0, 0.05) is 25.1 Å². The van der Waals surface area contributed by atoms with E-state index in [1.807, 2.05) is 12.1 Å². The Morgan fingerprint density at radius 2 is 2.15 bits per heavy atom. The highest BCUT2D eigenvalue weighted by Crippen LogP contribution is 2.11. The first-order valence-electron chi connectivity index (χ1n) is 6.82. The second kappa shape index (κ2) is 7.59. The Hall–Kier alpha value is -1.95. The minimum atomic E-state index is 0.599. The monoisotopic (exact) mass is 276 g/mol. The predicted molar refractivity (Wildman–Crippen MR) is 74.5 cm³/mol. The molecule has 2 rings (SSSR count). The lowest BCUT2D eigenvalue weighted by atomic mass is 10.2. The molecule has 0 bridgehead atoms. The van der Waals surface area contributed by atoms with Crippen LogP contribution >= 0.6 is 0 Å². The first-order valence-corrected chi connectivity index (χ1v) is 6.82. The molecular formula is C14H20N4O2. The average Bonchev–Trinajstić information content (AvgIpc) is 2.92. The zero-order valence-corrected chi connectivity index (χ0v) is 11.7. The highest BCUT2D eigenvalue weighted by Gasteiger charge is 2.07. The van der Waals surface area contributed by atoms with Gasteiger partial charge in [-0.1, -0.05) is 17.6 Å². The third-order valence-electron chi connectivity index (χ3n) is 2.97. The standard InChI is InChI=1S/C14H20N4O2/c1-19-13-7-6-11(10-16-13)9-12-17-14(20-18-12)5-3-2-4-8-15/h6-7,10H,2-5,8-9,15H2,1H3. The molecule has 0 aliphatic rings. The van der Waals surface area contributed by atoms with Crippen LogP contribution < -0.4 is 10.5 Å². The van der Waals surface area contributed by atoms with Crippen LogP contribution in [0.3, 0.4) is 0 Å². The predicted octanol–water partition coefficient (Wildman–Crippen LogP) is 1.74. The van der Waals surface area contributed by atoms with Crippen molar-refractivity contribution in [1.29, 1.82) is 0 Å². The van der Waals surface area contributed by atoms with Crippen LogP contribution in [0.2, 0.25) is 0 Å². The van der Waals surface area contributed by atoms with Crippen LogP contribution in [0.15, 0.2) is 22.9 Å². The molecule has 6 nitrogen and oxygen atoms in total. The molecule has 108 valence electrons. The van der Waals surface area contributed by atoms with E-state index in [1.54, 1.807) is 13.3 Å². The lowest BCUT2D eigenvalue weighted by Gasteiger charge is -1.99. The zero-order valence-electron chi connectivity index (χ0n) is 11.7. The second-order valence-electron chi connectivity index (χ2n) is 4.59. The van der Waals surface area contributed by atoms with Crippen molar-refractivity contribution in [2.45, 2.75) is 32.1 Å². The Morgan fingerprint density at radius 3 is 2.85 bits per heavy atom. The highest BCUT2D eigenvalue weighted by atomic mass is 16.5. The fourth-order valence-electron chi connectivity index (χ4n) is 1.88. The number of rotatable bonds is 8. The van der Waals surface area contributed by atoms with E-state index in [2.05, 4.69) is 15.1 Å². The lowest BCUT2D eigenvalue weighted by Crippen LogP contribution is -1.98. The van der Waals surface area contributed by atoms with Crippen molar-refractivity contribution >= 4 is 0 Å². The first-order chi connectivity index (χ1) is 9.81. The second-order valence-corrected chi connectivity index (χ2v) is 4.59. The fraction of sp³-hybridized carbons (Fsp3) is 0.500. The molecule has 0 spiro atoms. The van der Waals surface area contributed by atoms with E-state index in [1.165, 1.54) is 0 Å². The van der Waals surface area contributed by atoms with Gasteiger partial charge >= 0.3 is 0 Å². The quantitative estimate of drug-likeness (QED) is 0.739. The molecule has 0 aromatic carbocycles. The molecule has 2 aromatic rings. The first kappa shape index (κ1) is 14.5. The number of unbranched alkanes of at least 4 members (excludes halogenated alkanes) is 2. The van der Waals surface area contributed by atoms with Crippen LogP contribution in [0.4, 0.5) is 0 Å². The number of pyridine rings is 1. The van der Waals surface area contributed by atoms with E-state index in [0.29, 0.717) is 24.0 Å². The van der Waals surface area contributed by atoms with E-state index in [0.717, 1.165) is 37.8 Å². The van der Waals surface area contributed by atoms with Gasteiger partial charge in [-0.05, 0) is 24.9 Å². The summed E-state index contributed by atoms with van der Waals surface area (Å²) in [7, 11) is 1.60. The molecule has 0 fully saturated rings. The van der Waals surface area contributed by atoms with Crippen molar-refractivity contribution in [2.75, 3.05) is 13.7 Å². The summed E-state index contributed by atoms with van der Waals surface area (Å²) in [5, 5.41) is 3.98. The maximum atomic E-state index is 5.45. The molecular weight excluding hydrogens is 256 g/mol. The minimum absolute atomic E-state index is 0.599. The summed E-state index contributed by atoms with van der Waals surface area (Å²) in [6, 6.07) is 3.77. The molecule has 2 heterocycles. The van der Waals surface area contributed by atoms with E-state index in [4.69, 9.17) is 15.0 Å². The van der Waals surface area contributed by atoms with Gasteiger partial charge in [0.05, 0.1) is 7.11 Å². The largest absolute Gasteiger partial charge is 0.481 e. The summed E-state index contributed by atoms with van der Waals surface area (Å²) in [5.41, 5.74) is 6.48. The molecule has 0 saturated heterocycles. The Kier molecular flexibility index (Phi) is 5.49. The smallest absolute Gasteiger partial charge is 0.226 e. The van der Waals surface area contributed by atoms with Gasteiger partial charge in [-0.3, -0.25) is 0 Å². The van der Waals surface area contributed by atoms with Crippen molar-refractivity contribution in [3.63, 3.8) is 0 Å².